The summed E-state index contributed by atoms with van der Waals surface area (Å²) in [7, 11) is 0. The van der Waals surface area contributed by atoms with Gasteiger partial charge in [-0.15, -0.1) is 11.3 Å². The van der Waals surface area contributed by atoms with E-state index in [0.29, 0.717) is 24.4 Å². The summed E-state index contributed by atoms with van der Waals surface area (Å²) in [4.78, 5) is 28.8. The van der Waals surface area contributed by atoms with E-state index in [9.17, 15) is 9.59 Å². The van der Waals surface area contributed by atoms with Gasteiger partial charge in [0, 0.05) is 28.5 Å². The molecule has 1 aliphatic rings. The molecule has 3 aromatic rings. The molecule has 6 heteroatoms. The summed E-state index contributed by atoms with van der Waals surface area (Å²) in [6.45, 7) is 0.976. The molecule has 2 amide bonds. The summed E-state index contributed by atoms with van der Waals surface area (Å²) >= 11 is 3.30. The van der Waals surface area contributed by atoms with E-state index in [0.717, 1.165) is 16.2 Å². The van der Waals surface area contributed by atoms with Gasteiger partial charge in [0.25, 0.3) is 5.91 Å². The number of nitrogens with zero attached hydrogens (tertiary/aromatic N) is 1. The molecule has 0 aliphatic carbocycles. The van der Waals surface area contributed by atoms with E-state index in [-0.39, 0.29) is 11.8 Å². The molecule has 4 nitrogen and oxygen atoms in total. The lowest BCUT2D eigenvalue weighted by atomic mass is 10.1. The number of rotatable bonds is 8. The lowest BCUT2D eigenvalue weighted by Crippen LogP contribution is -2.48. The van der Waals surface area contributed by atoms with Gasteiger partial charge in [-0.05, 0) is 28.6 Å². The minimum absolute atomic E-state index is 0.0582. The molecule has 0 radical (unpaired) electrons. The topological polar surface area (TPSA) is 49.4 Å². The maximum Gasteiger partial charge on any atom is 0.255 e. The van der Waals surface area contributed by atoms with Crippen LogP contribution in [0.15, 0.2) is 72.1 Å². The van der Waals surface area contributed by atoms with Crippen molar-refractivity contribution < 1.29 is 9.59 Å². The van der Waals surface area contributed by atoms with E-state index in [1.807, 2.05) is 60.0 Å². The van der Waals surface area contributed by atoms with Crippen LogP contribution in [-0.2, 0) is 23.6 Å². The van der Waals surface area contributed by atoms with E-state index in [2.05, 4.69) is 17.4 Å². The Hall–Kier alpha value is -2.57. The van der Waals surface area contributed by atoms with Crippen molar-refractivity contribution in [3.05, 3.63) is 93.7 Å². The first-order valence-electron chi connectivity index (χ1n) is 9.53. The second-order valence-electron chi connectivity index (χ2n) is 6.90. The van der Waals surface area contributed by atoms with Gasteiger partial charge in [0.05, 0.1) is 6.54 Å². The van der Waals surface area contributed by atoms with Crippen molar-refractivity contribution in [1.82, 2.24) is 10.2 Å². The average molecular weight is 423 g/mol. The van der Waals surface area contributed by atoms with E-state index in [1.165, 1.54) is 5.56 Å². The van der Waals surface area contributed by atoms with Crippen LogP contribution in [0.3, 0.4) is 0 Å². The van der Waals surface area contributed by atoms with Crippen LogP contribution in [0.5, 0.6) is 0 Å². The molecule has 1 aromatic heterocycles. The van der Waals surface area contributed by atoms with Crippen molar-refractivity contribution in [2.24, 2.45) is 0 Å². The standard InChI is InChI=1S/C23H22N2O2S2/c26-22(24-13-19-10-6-12-29-19)21(16-28-15-17-7-2-1-3-8-17)25-14-18-9-4-5-11-20(18)23(25)27/h1-12,21H,13-16H2,(H,24,26)/t21-/m0/s1. The van der Waals surface area contributed by atoms with Gasteiger partial charge in [-0.2, -0.15) is 11.8 Å². The summed E-state index contributed by atoms with van der Waals surface area (Å²) in [6.07, 6.45) is 0. The van der Waals surface area contributed by atoms with Crippen LogP contribution < -0.4 is 5.32 Å². The average Bonchev–Trinajstić information content (AvgIpc) is 3.39. The zero-order valence-corrected chi connectivity index (χ0v) is 17.5. The third-order valence-corrected chi connectivity index (χ3v) is 6.90. The van der Waals surface area contributed by atoms with Crippen LogP contribution in [0.4, 0.5) is 0 Å². The first-order valence-corrected chi connectivity index (χ1v) is 11.6. The number of nitrogens with one attached hydrogen (secondary N) is 1. The molecule has 0 bridgehead atoms. The molecular weight excluding hydrogens is 400 g/mol. The lowest BCUT2D eigenvalue weighted by molar-refractivity contribution is -0.125. The third-order valence-electron chi connectivity index (χ3n) is 4.93. The fourth-order valence-corrected chi connectivity index (χ4v) is 5.15. The van der Waals surface area contributed by atoms with Crippen LogP contribution in [0, 0.1) is 0 Å². The first-order chi connectivity index (χ1) is 14.2. The number of hydrogen-bond acceptors (Lipinski definition) is 4. The van der Waals surface area contributed by atoms with Crippen LogP contribution in [-0.4, -0.2) is 28.5 Å². The van der Waals surface area contributed by atoms with Gasteiger partial charge in [0.2, 0.25) is 5.91 Å². The SMILES string of the molecule is O=C(NCc1cccs1)[C@H](CSCc1ccccc1)N1Cc2ccccc2C1=O. The Morgan fingerprint density at radius 3 is 2.62 bits per heavy atom. The Bertz CT molecular complexity index is 974. The van der Waals surface area contributed by atoms with E-state index >= 15 is 0 Å². The number of hydrogen-bond donors (Lipinski definition) is 1. The van der Waals surface area contributed by atoms with Crippen molar-refractivity contribution in [2.75, 3.05) is 5.75 Å². The number of thiophene rings is 1. The lowest BCUT2D eigenvalue weighted by Gasteiger charge is -2.26. The largest absolute Gasteiger partial charge is 0.349 e. The van der Waals surface area contributed by atoms with Crippen molar-refractivity contribution in [1.29, 1.82) is 0 Å². The van der Waals surface area contributed by atoms with Crippen molar-refractivity contribution in [3.63, 3.8) is 0 Å². The number of amides is 2. The predicted molar refractivity (Wildman–Crippen MR) is 119 cm³/mol. The summed E-state index contributed by atoms with van der Waals surface area (Å²) in [6, 6.07) is 21.3. The Morgan fingerprint density at radius 1 is 1.07 bits per heavy atom. The Labute approximate surface area is 178 Å². The number of carbonyl (C=O) groups is 2. The molecule has 2 heterocycles. The van der Waals surface area contributed by atoms with Crippen molar-refractivity contribution in [2.45, 2.75) is 24.9 Å². The first kappa shape index (κ1) is 19.7. The predicted octanol–water partition coefficient (Wildman–Crippen LogP) is 4.32. The molecule has 29 heavy (non-hydrogen) atoms. The highest BCUT2D eigenvalue weighted by atomic mass is 32.2. The summed E-state index contributed by atoms with van der Waals surface area (Å²) < 4.78 is 0. The van der Waals surface area contributed by atoms with Crippen LogP contribution in [0.1, 0.15) is 26.4 Å². The van der Waals surface area contributed by atoms with Gasteiger partial charge in [-0.3, -0.25) is 9.59 Å². The number of fused-ring (bicyclic) bond motifs is 1. The maximum absolute atomic E-state index is 13.1. The molecule has 2 aromatic carbocycles. The molecule has 0 fully saturated rings. The minimum atomic E-state index is -0.497. The normalized spacial score (nSPS) is 13.9. The van der Waals surface area contributed by atoms with Gasteiger partial charge >= 0.3 is 0 Å². The Morgan fingerprint density at radius 2 is 1.86 bits per heavy atom. The van der Waals surface area contributed by atoms with Gasteiger partial charge in [-0.25, -0.2) is 0 Å². The zero-order chi connectivity index (χ0) is 20.1. The maximum atomic E-state index is 13.1. The van der Waals surface area contributed by atoms with E-state index in [1.54, 1.807) is 28.0 Å². The van der Waals surface area contributed by atoms with Crippen LogP contribution in [0.25, 0.3) is 0 Å². The second-order valence-corrected chi connectivity index (χ2v) is 8.97. The smallest absolute Gasteiger partial charge is 0.255 e. The summed E-state index contributed by atoms with van der Waals surface area (Å²) in [5.74, 6) is 1.22. The fraction of sp³-hybridized carbons (Fsp3) is 0.217. The molecule has 0 saturated heterocycles. The van der Waals surface area contributed by atoms with Gasteiger partial charge in [0.1, 0.15) is 6.04 Å². The van der Waals surface area contributed by atoms with Crippen LogP contribution in [0.2, 0.25) is 0 Å². The molecular formula is C23H22N2O2S2. The highest BCUT2D eigenvalue weighted by molar-refractivity contribution is 7.98. The van der Waals surface area contributed by atoms with Crippen molar-refractivity contribution in [3.8, 4) is 0 Å². The molecule has 1 aliphatic heterocycles. The monoisotopic (exact) mass is 422 g/mol. The fourth-order valence-electron chi connectivity index (χ4n) is 3.40. The molecule has 1 atom stereocenters. The van der Waals surface area contributed by atoms with E-state index < -0.39 is 6.04 Å². The highest BCUT2D eigenvalue weighted by Gasteiger charge is 2.36. The number of benzene rings is 2. The number of carbonyl (C=O) groups excluding carboxylic acids is 2. The second kappa shape index (κ2) is 9.29. The molecule has 0 saturated carbocycles. The Balaban J connectivity index is 1.46. The number of thioether (sulfide) groups is 1. The third kappa shape index (κ3) is 4.71. The van der Waals surface area contributed by atoms with Gasteiger partial charge in [0.15, 0.2) is 0 Å². The molecule has 0 unspecified atom stereocenters. The molecule has 0 spiro atoms. The minimum Gasteiger partial charge on any atom is -0.349 e. The summed E-state index contributed by atoms with van der Waals surface area (Å²) in [5.41, 5.74) is 2.91. The molecule has 148 valence electrons. The van der Waals surface area contributed by atoms with E-state index in [4.69, 9.17) is 0 Å². The Kier molecular flexibility index (Phi) is 6.32. The highest BCUT2D eigenvalue weighted by Crippen LogP contribution is 2.26. The van der Waals surface area contributed by atoms with Crippen LogP contribution >= 0.6 is 23.1 Å². The quantitative estimate of drug-likeness (QED) is 0.588. The molecule has 1 N–H and O–H groups in total. The van der Waals surface area contributed by atoms with Gasteiger partial charge in [-0.1, -0.05) is 54.6 Å². The molecule has 4 rings (SSSR count). The van der Waals surface area contributed by atoms with Gasteiger partial charge < -0.3 is 10.2 Å². The summed E-state index contributed by atoms with van der Waals surface area (Å²) in [5, 5.41) is 5.02. The van der Waals surface area contributed by atoms with Crippen molar-refractivity contribution >= 4 is 34.9 Å². The zero-order valence-electron chi connectivity index (χ0n) is 15.9.